The molecule has 0 heterocycles. The highest BCUT2D eigenvalue weighted by molar-refractivity contribution is 6.26. The monoisotopic (exact) mass is 175 g/mol. The number of anilines is 1. The van der Waals surface area contributed by atoms with E-state index in [2.05, 4.69) is 10.1 Å². The SMILES string of the molecule is [N-]=[N+]=C(C=O)CNc1ccccc1. The van der Waals surface area contributed by atoms with E-state index < -0.39 is 0 Å². The largest absolute Gasteiger partial charge is 0.374 e. The summed E-state index contributed by atoms with van der Waals surface area (Å²) >= 11 is 0. The second-order valence-electron chi connectivity index (χ2n) is 2.43. The zero-order valence-corrected chi connectivity index (χ0v) is 6.97. The topological polar surface area (TPSA) is 65.5 Å². The number of benzene rings is 1. The van der Waals surface area contributed by atoms with Crippen molar-refractivity contribution in [3.05, 3.63) is 35.9 Å². The Labute approximate surface area is 75.8 Å². The molecule has 0 bridgehead atoms. The minimum atomic E-state index is 0.0730. The van der Waals surface area contributed by atoms with Crippen LogP contribution < -0.4 is 5.32 Å². The maximum atomic E-state index is 10.2. The van der Waals surface area contributed by atoms with Crippen LogP contribution in [0.5, 0.6) is 0 Å². The van der Waals surface area contributed by atoms with Gasteiger partial charge in [0, 0.05) is 5.69 Å². The van der Waals surface area contributed by atoms with Crippen molar-refractivity contribution < 1.29 is 9.58 Å². The summed E-state index contributed by atoms with van der Waals surface area (Å²) in [6.07, 6.45) is 0.510. The lowest BCUT2D eigenvalue weighted by molar-refractivity contribution is -0.106. The summed E-state index contributed by atoms with van der Waals surface area (Å²) in [6.45, 7) is 0.226. The van der Waals surface area contributed by atoms with E-state index in [0.29, 0.717) is 6.29 Å². The number of hydrogen-bond donors (Lipinski definition) is 1. The van der Waals surface area contributed by atoms with Gasteiger partial charge in [0.05, 0.1) is 0 Å². The molecule has 0 saturated carbocycles. The van der Waals surface area contributed by atoms with Crippen molar-refractivity contribution in [3.63, 3.8) is 0 Å². The Hall–Kier alpha value is -1.93. The van der Waals surface area contributed by atoms with Gasteiger partial charge >= 0.3 is 5.71 Å². The number of carbonyl (C=O) groups excluding carboxylic acids is 1. The maximum Gasteiger partial charge on any atom is 0.350 e. The molecule has 0 radical (unpaired) electrons. The molecule has 4 heteroatoms. The van der Waals surface area contributed by atoms with Crippen molar-refractivity contribution in [2.45, 2.75) is 0 Å². The Kier molecular flexibility index (Phi) is 3.42. The van der Waals surface area contributed by atoms with E-state index in [0.717, 1.165) is 5.69 Å². The van der Waals surface area contributed by atoms with Crippen LogP contribution in [0.15, 0.2) is 30.3 Å². The van der Waals surface area contributed by atoms with Gasteiger partial charge in [0.15, 0.2) is 0 Å². The average Bonchev–Trinajstić information content (AvgIpc) is 2.21. The molecule has 0 aliphatic rings. The lowest BCUT2D eigenvalue weighted by atomic mass is 10.3. The Morgan fingerprint density at radius 2 is 2.15 bits per heavy atom. The van der Waals surface area contributed by atoms with Gasteiger partial charge in [-0.25, -0.2) is 0 Å². The van der Waals surface area contributed by atoms with Crippen molar-refractivity contribution in [1.29, 1.82) is 0 Å². The first-order valence-electron chi connectivity index (χ1n) is 3.82. The summed E-state index contributed by atoms with van der Waals surface area (Å²) in [7, 11) is 0. The first-order valence-corrected chi connectivity index (χ1v) is 3.82. The molecule has 13 heavy (non-hydrogen) atoms. The highest BCUT2D eigenvalue weighted by atomic mass is 16.1. The first kappa shape index (κ1) is 9.16. The minimum Gasteiger partial charge on any atom is -0.374 e. The smallest absolute Gasteiger partial charge is 0.350 e. The van der Waals surface area contributed by atoms with Crippen LogP contribution in [0.4, 0.5) is 5.69 Å². The molecule has 0 saturated heterocycles. The predicted octanol–water partition coefficient (Wildman–Crippen LogP) is 0.968. The van der Waals surface area contributed by atoms with Crippen LogP contribution >= 0.6 is 0 Å². The molecule has 0 amide bonds. The summed E-state index contributed by atoms with van der Waals surface area (Å²) in [4.78, 5) is 13.0. The highest BCUT2D eigenvalue weighted by Gasteiger charge is 2.03. The molecule has 0 aliphatic carbocycles. The van der Waals surface area contributed by atoms with Gasteiger partial charge in [0.2, 0.25) is 6.29 Å². The summed E-state index contributed by atoms with van der Waals surface area (Å²) in [5.41, 5.74) is 9.27. The van der Waals surface area contributed by atoms with Gasteiger partial charge in [0.1, 0.15) is 6.54 Å². The fourth-order valence-electron chi connectivity index (χ4n) is 0.849. The fourth-order valence-corrected chi connectivity index (χ4v) is 0.849. The molecule has 0 atom stereocenters. The Morgan fingerprint density at radius 3 is 2.69 bits per heavy atom. The quantitative estimate of drug-likeness (QED) is 0.320. The normalized spacial score (nSPS) is 8.62. The first-order chi connectivity index (χ1) is 6.36. The lowest BCUT2D eigenvalue weighted by Gasteiger charge is -1.99. The van der Waals surface area contributed by atoms with Crippen LogP contribution in [-0.2, 0) is 4.79 Å². The minimum absolute atomic E-state index is 0.0730. The van der Waals surface area contributed by atoms with Gasteiger partial charge in [-0.15, -0.1) is 0 Å². The lowest BCUT2D eigenvalue weighted by Crippen LogP contribution is -2.15. The number of nitrogens with one attached hydrogen (secondary N) is 1. The number of para-hydroxylation sites is 1. The third-order valence-electron chi connectivity index (χ3n) is 1.51. The van der Waals surface area contributed by atoms with Crippen molar-refractivity contribution in [2.75, 3.05) is 11.9 Å². The van der Waals surface area contributed by atoms with E-state index in [1.54, 1.807) is 0 Å². The molecule has 0 fully saturated rings. The molecule has 1 rings (SSSR count). The molecule has 1 N–H and O–H groups in total. The van der Waals surface area contributed by atoms with Crippen LogP contribution in [-0.4, -0.2) is 23.3 Å². The van der Waals surface area contributed by atoms with E-state index in [1.807, 2.05) is 30.3 Å². The second kappa shape index (κ2) is 4.85. The molecule has 0 unspecified atom stereocenters. The van der Waals surface area contributed by atoms with Crippen LogP contribution in [0.1, 0.15) is 0 Å². The Morgan fingerprint density at radius 1 is 1.46 bits per heavy atom. The van der Waals surface area contributed by atoms with Crippen LogP contribution in [0.2, 0.25) is 0 Å². The van der Waals surface area contributed by atoms with Gasteiger partial charge in [-0.2, -0.15) is 4.79 Å². The molecule has 1 aromatic rings. The molecule has 0 spiro atoms. The van der Waals surface area contributed by atoms with Gasteiger partial charge in [-0.1, -0.05) is 18.2 Å². The number of carbonyl (C=O) groups is 1. The number of rotatable bonds is 4. The summed E-state index contributed by atoms with van der Waals surface area (Å²) in [5.74, 6) is 0. The number of nitrogens with zero attached hydrogens (tertiary/aromatic N) is 2. The highest BCUT2D eigenvalue weighted by Crippen LogP contribution is 2.03. The fraction of sp³-hybridized carbons (Fsp3) is 0.111. The average molecular weight is 175 g/mol. The van der Waals surface area contributed by atoms with Crippen LogP contribution in [0.25, 0.3) is 5.53 Å². The number of aldehydes is 1. The van der Waals surface area contributed by atoms with Crippen LogP contribution in [0.3, 0.4) is 0 Å². The molecule has 66 valence electrons. The van der Waals surface area contributed by atoms with Crippen molar-refractivity contribution in [3.8, 4) is 0 Å². The van der Waals surface area contributed by atoms with E-state index >= 15 is 0 Å². The molecule has 0 aliphatic heterocycles. The van der Waals surface area contributed by atoms with E-state index in [9.17, 15) is 4.79 Å². The summed E-state index contributed by atoms with van der Waals surface area (Å²) in [6, 6.07) is 9.36. The third-order valence-corrected chi connectivity index (χ3v) is 1.51. The van der Waals surface area contributed by atoms with E-state index in [4.69, 9.17) is 5.53 Å². The van der Waals surface area contributed by atoms with E-state index in [1.165, 1.54) is 0 Å². The van der Waals surface area contributed by atoms with Crippen LogP contribution in [0, 0.1) is 0 Å². The van der Waals surface area contributed by atoms with Crippen molar-refractivity contribution in [1.82, 2.24) is 0 Å². The van der Waals surface area contributed by atoms with Gasteiger partial charge < -0.3 is 10.8 Å². The zero-order chi connectivity index (χ0) is 9.52. The summed E-state index contributed by atoms with van der Waals surface area (Å²) < 4.78 is 0. The second-order valence-corrected chi connectivity index (χ2v) is 2.43. The number of hydrogen-bond acceptors (Lipinski definition) is 2. The van der Waals surface area contributed by atoms with Gasteiger partial charge in [0.25, 0.3) is 0 Å². The van der Waals surface area contributed by atoms with Gasteiger partial charge in [-0.3, -0.25) is 4.79 Å². The summed E-state index contributed by atoms with van der Waals surface area (Å²) in [5, 5.41) is 2.92. The third kappa shape index (κ3) is 2.89. The molecule has 0 aromatic heterocycles. The van der Waals surface area contributed by atoms with Crippen molar-refractivity contribution >= 4 is 17.7 Å². The molecular weight excluding hydrogens is 166 g/mol. The Bertz CT molecular complexity index is 328. The zero-order valence-electron chi connectivity index (χ0n) is 6.97. The van der Waals surface area contributed by atoms with Gasteiger partial charge in [-0.05, 0) is 12.1 Å². The standard InChI is InChI=1S/C9H9N3O/c10-12-9(7-13)6-11-8-4-2-1-3-5-8/h1-5,7,11H,6H2. The van der Waals surface area contributed by atoms with Crippen molar-refractivity contribution in [2.24, 2.45) is 0 Å². The molecular formula is C9H9N3O. The maximum absolute atomic E-state index is 10.2. The van der Waals surface area contributed by atoms with E-state index in [-0.39, 0.29) is 12.3 Å². The predicted molar refractivity (Wildman–Crippen MR) is 49.6 cm³/mol. The Balaban J connectivity index is 2.53. The molecule has 4 nitrogen and oxygen atoms in total. The molecule has 1 aromatic carbocycles.